The first-order valence-electron chi connectivity index (χ1n) is 8.43. The minimum Gasteiger partial charge on any atom is -0.326 e. The molecule has 3 amide bonds. The van der Waals surface area contributed by atoms with E-state index in [0.717, 1.165) is 0 Å². The van der Waals surface area contributed by atoms with Crippen LogP contribution in [0.1, 0.15) is 32.3 Å². The van der Waals surface area contributed by atoms with E-state index in [9.17, 15) is 9.59 Å². The van der Waals surface area contributed by atoms with Crippen molar-refractivity contribution >= 4 is 17.6 Å². The van der Waals surface area contributed by atoms with Crippen LogP contribution in [0.25, 0.3) is 0 Å². The molecule has 2 rings (SSSR count). The Morgan fingerprint density at radius 2 is 1.79 bits per heavy atom. The maximum Gasteiger partial charge on any atom is 0.319 e. The van der Waals surface area contributed by atoms with E-state index in [0.29, 0.717) is 50.3 Å². The molecule has 0 bridgehead atoms. The average molecular weight is 328 g/mol. The van der Waals surface area contributed by atoms with Crippen LogP contribution >= 0.6 is 0 Å². The van der Waals surface area contributed by atoms with Gasteiger partial charge in [-0.15, -0.1) is 0 Å². The van der Waals surface area contributed by atoms with Crippen LogP contribution in [-0.2, 0) is 4.79 Å². The third-order valence-electron chi connectivity index (χ3n) is 4.45. The molecule has 0 atom stereocenters. The van der Waals surface area contributed by atoms with E-state index in [2.05, 4.69) is 11.4 Å². The van der Waals surface area contributed by atoms with Crippen molar-refractivity contribution in [2.45, 2.75) is 26.7 Å². The Morgan fingerprint density at radius 1 is 1.21 bits per heavy atom. The molecule has 0 radical (unpaired) electrons. The van der Waals surface area contributed by atoms with E-state index < -0.39 is 0 Å². The quantitative estimate of drug-likeness (QED) is 0.923. The second-order valence-electron chi connectivity index (χ2n) is 5.89. The van der Waals surface area contributed by atoms with Gasteiger partial charge in [-0.2, -0.15) is 5.26 Å². The number of likely N-dealkylation sites (tertiary alicyclic amines) is 1. The molecule has 1 aliphatic heterocycles. The molecule has 6 heteroatoms. The van der Waals surface area contributed by atoms with Gasteiger partial charge in [0, 0.05) is 37.8 Å². The van der Waals surface area contributed by atoms with Gasteiger partial charge in [0.15, 0.2) is 0 Å². The molecule has 128 valence electrons. The molecule has 0 unspecified atom stereocenters. The standard InChI is InChI=1S/C18H24N4O2/c1-3-21(4-2)18(24)22-11-9-15(10-12-22)17(23)20-16-7-5-14(13-19)6-8-16/h5-8,15H,3-4,9-12H2,1-2H3,(H,20,23). The van der Waals surface area contributed by atoms with Crippen molar-refractivity contribution in [2.75, 3.05) is 31.5 Å². The molecular formula is C18H24N4O2. The van der Waals surface area contributed by atoms with Crippen LogP contribution in [0.5, 0.6) is 0 Å². The van der Waals surface area contributed by atoms with Crippen LogP contribution < -0.4 is 5.32 Å². The summed E-state index contributed by atoms with van der Waals surface area (Å²) in [5.74, 6) is -0.101. The number of benzene rings is 1. The van der Waals surface area contributed by atoms with Crippen molar-refractivity contribution in [1.29, 1.82) is 5.26 Å². The van der Waals surface area contributed by atoms with Gasteiger partial charge in [-0.1, -0.05) is 0 Å². The molecule has 1 aromatic carbocycles. The summed E-state index contributed by atoms with van der Waals surface area (Å²) in [6.45, 7) is 6.57. The Bertz CT molecular complexity index is 609. The number of nitrogens with one attached hydrogen (secondary N) is 1. The summed E-state index contributed by atoms with van der Waals surface area (Å²) < 4.78 is 0. The molecule has 1 fully saturated rings. The number of amides is 3. The van der Waals surface area contributed by atoms with E-state index in [1.807, 2.05) is 18.7 Å². The van der Waals surface area contributed by atoms with Crippen molar-refractivity contribution in [3.8, 4) is 6.07 Å². The van der Waals surface area contributed by atoms with Gasteiger partial charge in [0.1, 0.15) is 0 Å². The first-order chi connectivity index (χ1) is 11.6. The highest BCUT2D eigenvalue weighted by molar-refractivity contribution is 5.92. The SMILES string of the molecule is CCN(CC)C(=O)N1CCC(C(=O)Nc2ccc(C#N)cc2)CC1. The zero-order chi connectivity index (χ0) is 17.5. The highest BCUT2D eigenvalue weighted by Gasteiger charge is 2.28. The van der Waals surface area contributed by atoms with Crippen molar-refractivity contribution in [2.24, 2.45) is 5.92 Å². The van der Waals surface area contributed by atoms with Gasteiger partial charge in [0.25, 0.3) is 0 Å². The minimum absolute atomic E-state index is 0.0188. The third-order valence-corrected chi connectivity index (χ3v) is 4.45. The monoisotopic (exact) mass is 328 g/mol. The largest absolute Gasteiger partial charge is 0.326 e. The smallest absolute Gasteiger partial charge is 0.319 e. The summed E-state index contributed by atoms with van der Waals surface area (Å²) in [5, 5.41) is 11.7. The molecule has 1 saturated heterocycles. The van der Waals surface area contributed by atoms with Crippen LogP contribution in [-0.4, -0.2) is 47.9 Å². The Morgan fingerprint density at radius 3 is 2.29 bits per heavy atom. The van der Waals surface area contributed by atoms with Crippen LogP contribution in [0.2, 0.25) is 0 Å². The molecule has 1 heterocycles. The number of rotatable bonds is 4. The molecule has 0 saturated carbocycles. The molecule has 1 N–H and O–H groups in total. The van der Waals surface area contributed by atoms with Crippen LogP contribution in [0, 0.1) is 17.2 Å². The second-order valence-corrected chi connectivity index (χ2v) is 5.89. The molecule has 1 aliphatic rings. The minimum atomic E-state index is -0.0820. The highest BCUT2D eigenvalue weighted by Crippen LogP contribution is 2.20. The van der Waals surface area contributed by atoms with Crippen molar-refractivity contribution in [3.05, 3.63) is 29.8 Å². The van der Waals surface area contributed by atoms with Gasteiger partial charge >= 0.3 is 6.03 Å². The molecule has 0 aliphatic carbocycles. The first-order valence-corrected chi connectivity index (χ1v) is 8.43. The second kappa shape index (κ2) is 8.34. The summed E-state index contributed by atoms with van der Waals surface area (Å²) in [5.41, 5.74) is 1.26. The molecular weight excluding hydrogens is 304 g/mol. The molecule has 1 aromatic rings. The topological polar surface area (TPSA) is 76.4 Å². The zero-order valence-electron chi connectivity index (χ0n) is 14.3. The Balaban J connectivity index is 1.86. The lowest BCUT2D eigenvalue weighted by Gasteiger charge is -2.34. The van der Waals surface area contributed by atoms with Crippen LogP contribution in [0.4, 0.5) is 10.5 Å². The lowest BCUT2D eigenvalue weighted by atomic mass is 9.96. The average Bonchev–Trinajstić information content (AvgIpc) is 2.63. The fraction of sp³-hybridized carbons (Fsp3) is 0.500. The Hall–Kier alpha value is -2.55. The van der Waals surface area contributed by atoms with Gasteiger partial charge in [-0.3, -0.25) is 4.79 Å². The number of hydrogen-bond acceptors (Lipinski definition) is 3. The fourth-order valence-corrected chi connectivity index (χ4v) is 2.90. The first kappa shape index (κ1) is 17.8. The number of hydrogen-bond donors (Lipinski definition) is 1. The van der Waals surface area contributed by atoms with Gasteiger partial charge in [0.2, 0.25) is 5.91 Å². The summed E-state index contributed by atoms with van der Waals surface area (Å²) in [6.07, 6.45) is 1.35. The van der Waals surface area contributed by atoms with Gasteiger partial charge in [-0.05, 0) is 51.0 Å². The van der Waals surface area contributed by atoms with Crippen LogP contribution in [0.3, 0.4) is 0 Å². The predicted molar refractivity (Wildman–Crippen MR) is 92.4 cm³/mol. The van der Waals surface area contributed by atoms with Gasteiger partial charge in [-0.25, -0.2) is 4.79 Å². The normalized spacial score (nSPS) is 14.8. The molecule has 6 nitrogen and oxygen atoms in total. The number of carbonyl (C=O) groups excluding carboxylic acids is 2. The maximum atomic E-state index is 12.4. The zero-order valence-corrected chi connectivity index (χ0v) is 14.3. The van der Waals surface area contributed by atoms with E-state index in [4.69, 9.17) is 5.26 Å². The molecule has 0 spiro atoms. The van der Waals surface area contributed by atoms with Crippen molar-refractivity contribution < 1.29 is 9.59 Å². The number of anilines is 1. The van der Waals surface area contributed by atoms with E-state index >= 15 is 0 Å². The van der Waals surface area contributed by atoms with Crippen LogP contribution in [0.15, 0.2) is 24.3 Å². The lowest BCUT2D eigenvalue weighted by molar-refractivity contribution is -0.121. The highest BCUT2D eigenvalue weighted by atomic mass is 16.2. The number of urea groups is 1. The molecule has 24 heavy (non-hydrogen) atoms. The maximum absolute atomic E-state index is 12.4. The predicted octanol–water partition coefficient (Wildman–Crippen LogP) is 2.67. The summed E-state index contributed by atoms with van der Waals surface area (Å²) in [6, 6.07) is 8.94. The summed E-state index contributed by atoms with van der Waals surface area (Å²) in [4.78, 5) is 28.3. The fourth-order valence-electron chi connectivity index (χ4n) is 2.90. The Labute approximate surface area is 143 Å². The van der Waals surface area contributed by atoms with Crippen molar-refractivity contribution in [3.63, 3.8) is 0 Å². The van der Waals surface area contributed by atoms with E-state index in [1.54, 1.807) is 29.2 Å². The van der Waals surface area contributed by atoms with Crippen molar-refractivity contribution in [1.82, 2.24) is 9.80 Å². The number of piperidine rings is 1. The number of nitrogens with zero attached hydrogens (tertiary/aromatic N) is 3. The van der Waals surface area contributed by atoms with Gasteiger partial charge in [0.05, 0.1) is 11.6 Å². The Kier molecular flexibility index (Phi) is 6.19. The summed E-state index contributed by atoms with van der Waals surface area (Å²) in [7, 11) is 0. The van der Waals surface area contributed by atoms with E-state index in [-0.39, 0.29) is 17.9 Å². The molecule has 0 aromatic heterocycles. The third kappa shape index (κ3) is 4.25. The number of nitriles is 1. The van der Waals surface area contributed by atoms with E-state index in [1.165, 1.54) is 0 Å². The summed E-state index contributed by atoms with van der Waals surface area (Å²) >= 11 is 0. The van der Waals surface area contributed by atoms with Gasteiger partial charge < -0.3 is 15.1 Å². The number of carbonyl (C=O) groups is 2. The lowest BCUT2D eigenvalue weighted by Crippen LogP contribution is -2.47.